The molecule has 1 aliphatic heterocycles. The molecule has 0 bridgehead atoms. The largest absolute Gasteiger partial charge is 0.386 e. The zero-order valence-corrected chi connectivity index (χ0v) is 17.0. The van der Waals surface area contributed by atoms with E-state index in [1.54, 1.807) is 12.1 Å². The number of aliphatic hydroxyl groups excluding tert-OH is 1. The van der Waals surface area contributed by atoms with Crippen LogP contribution in [0.2, 0.25) is 5.02 Å². The smallest absolute Gasteiger partial charge is 0.129 e. The summed E-state index contributed by atoms with van der Waals surface area (Å²) in [5, 5.41) is 11.2. The summed E-state index contributed by atoms with van der Waals surface area (Å²) >= 11 is 5.84. The molecule has 0 spiro atoms. The standard InChI is InChI=1S/C23H25ClFN3O/c24-19-9-8-18(21(25)15-19)16-28-10-4-7-22(28)23(29)17-26-11-13-27(14-12-26)20-5-2-1-3-6-20/h1-10,15,23,29H,11-14,16-17H2. The van der Waals surface area contributed by atoms with Gasteiger partial charge in [-0.15, -0.1) is 0 Å². The molecule has 29 heavy (non-hydrogen) atoms. The molecule has 152 valence electrons. The number of para-hydroxylation sites is 1. The first-order valence-electron chi connectivity index (χ1n) is 9.89. The van der Waals surface area contributed by atoms with Crippen molar-refractivity contribution in [2.75, 3.05) is 37.6 Å². The molecule has 1 saturated heterocycles. The van der Waals surface area contributed by atoms with Crippen LogP contribution in [0.5, 0.6) is 0 Å². The van der Waals surface area contributed by atoms with Gasteiger partial charge < -0.3 is 14.6 Å². The third-order valence-electron chi connectivity index (χ3n) is 5.49. The fourth-order valence-corrected chi connectivity index (χ4v) is 4.03. The van der Waals surface area contributed by atoms with Crippen molar-refractivity contribution in [3.8, 4) is 0 Å². The molecule has 1 fully saturated rings. The van der Waals surface area contributed by atoms with Crippen molar-refractivity contribution in [3.05, 3.63) is 89.0 Å². The first-order chi connectivity index (χ1) is 14.1. The molecule has 4 nitrogen and oxygen atoms in total. The zero-order valence-electron chi connectivity index (χ0n) is 16.2. The van der Waals surface area contributed by atoms with E-state index in [9.17, 15) is 9.50 Å². The Bertz CT molecular complexity index is 938. The maximum Gasteiger partial charge on any atom is 0.129 e. The Balaban J connectivity index is 1.36. The van der Waals surface area contributed by atoms with Crippen molar-refractivity contribution in [1.82, 2.24) is 9.47 Å². The number of piperazine rings is 1. The van der Waals surface area contributed by atoms with Gasteiger partial charge in [-0.25, -0.2) is 4.39 Å². The summed E-state index contributed by atoms with van der Waals surface area (Å²) in [6, 6.07) is 18.9. The summed E-state index contributed by atoms with van der Waals surface area (Å²) < 4.78 is 16.1. The molecule has 0 aliphatic carbocycles. The minimum atomic E-state index is -0.622. The van der Waals surface area contributed by atoms with Crippen LogP contribution < -0.4 is 4.90 Å². The van der Waals surface area contributed by atoms with E-state index in [0.29, 0.717) is 23.7 Å². The highest BCUT2D eigenvalue weighted by Crippen LogP contribution is 2.21. The number of β-amino-alcohol motifs (C(OH)–C–C–N with tert-alkyl or cyclic N) is 1. The van der Waals surface area contributed by atoms with Crippen LogP contribution in [0.4, 0.5) is 10.1 Å². The van der Waals surface area contributed by atoms with Crippen LogP contribution in [0, 0.1) is 5.82 Å². The molecule has 2 aromatic carbocycles. The van der Waals surface area contributed by atoms with Gasteiger partial charge in [0.05, 0.1) is 6.54 Å². The van der Waals surface area contributed by atoms with Gasteiger partial charge in [-0.3, -0.25) is 4.90 Å². The summed E-state index contributed by atoms with van der Waals surface area (Å²) in [4.78, 5) is 4.65. The van der Waals surface area contributed by atoms with Crippen molar-refractivity contribution in [2.24, 2.45) is 0 Å². The van der Waals surface area contributed by atoms with Gasteiger partial charge in [-0.1, -0.05) is 35.9 Å². The predicted molar refractivity (Wildman–Crippen MR) is 115 cm³/mol. The van der Waals surface area contributed by atoms with Crippen LogP contribution in [0.1, 0.15) is 17.4 Å². The van der Waals surface area contributed by atoms with Crippen molar-refractivity contribution in [3.63, 3.8) is 0 Å². The summed E-state index contributed by atoms with van der Waals surface area (Å²) in [5.41, 5.74) is 2.59. The lowest BCUT2D eigenvalue weighted by Gasteiger charge is -2.37. The maximum absolute atomic E-state index is 14.2. The summed E-state index contributed by atoms with van der Waals surface area (Å²) in [5.74, 6) is -0.330. The van der Waals surface area contributed by atoms with Crippen LogP contribution in [-0.4, -0.2) is 47.3 Å². The van der Waals surface area contributed by atoms with Gasteiger partial charge in [0.25, 0.3) is 0 Å². The van der Waals surface area contributed by atoms with Gasteiger partial charge in [-0.05, 0) is 36.4 Å². The van der Waals surface area contributed by atoms with Gasteiger partial charge in [0.1, 0.15) is 11.9 Å². The minimum absolute atomic E-state index is 0.330. The SMILES string of the molecule is OC(CN1CCN(c2ccccc2)CC1)c1cccn1Cc1ccc(Cl)cc1F. The van der Waals surface area contributed by atoms with Gasteiger partial charge in [0.2, 0.25) is 0 Å². The van der Waals surface area contributed by atoms with E-state index in [1.165, 1.54) is 11.8 Å². The van der Waals surface area contributed by atoms with Gasteiger partial charge in [-0.2, -0.15) is 0 Å². The fourth-order valence-electron chi connectivity index (χ4n) is 3.87. The number of nitrogens with zero attached hydrogens (tertiary/aromatic N) is 3. The molecule has 1 unspecified atom stereocenters. The molecule has 0 amide bonds. The van der Waals surface area contributed by atoms with Crippen molar-refractivity contribution in [2.45, 2.75) is 12.6 Å². The number of benzene rings is 2. The predicted octanol–water partition coefficient (Wildman–Crippen LogP) is 4.18. The lowest BCUT2D eigenvalue weighted by molar-refractivity contribution is 0.103. The van der Waals surface area contributed by atoms with E-state index in [1.807, 2.05) is 29.0 Å². The number of anilines is 1. The van der Waals surface area contributed by atoms with Gasteiger partial charge in [0.15, 0.2) is 0 Å². The van der Waals surface area contributed by atoms with E-state index in [4.69, 9.17) is 11.6 Å². The van der Waals surface area contributed by atoms with Crippen molar-refractivity contribution in [1.29, 1.82) is 0 Å². The fraction of sp³-hybridized carbons (Fsp3) is 0.304. The van der Waals surface area contributed by atoms with Crippen LogP contribution >= 0.6 is 11.6 Å². The molecule has 1 aliphatic rings. The molecule has 6 heteroatoms. The van der Waals surface area contributed by atoms with Gasteiger partial charge in [0, 0.05) is 60.9 Å². The quantitative estimate of drug-likeness (QED) is 0.657. The van der Waals surface area contributed by atoms with Gasteiger partial charge >= 0.3 is 0 Å². The summed E-state index contributed by atoms with van der Waals surface area (Å²) in [6.07, 6.45) is 1.25. The van der Waals surface area contributed by atoms with E-state index < -0.39 is 6.10 Å². The second kappa shape index (κ2) is 8.99. The first kappa shape index (κ1) is 20.0. The second-order valence-electron chi connectivity index (χ2n) is 7.44. The molecule has 0 radical (unpaired) electrons. The summed E-state index contributed by atoms with van der Waals surface area (Å²) in [6.45, 7) is 4.61. The lowest BCUT2D eigenvalue weighted by Crippen LogP contribution is -2.47. The molecule has 1 N–H and O–H groups in total. The molecular formula is C23H25ClFN3O. The second-order valence-corrected chi connectivity index (χ2v) is 7.87. The van der Waals surface area contributed by atoms with Crippen molar-refractivity contribution >= 4 is 17.3 Å². The molecule has 0 saturated carbocycles. The Kier molecular flexibility index (Phi) is 6.19. The Hall–Kier alpha value is -2.34. The molecular weight excluding hydrogens is 389 g/mol. The Morgan fingerprint density at radius 1 is 0.966 bits per heavy atom. The third kappa shape index (κ3) is 4.81. The first-order valence-corrected chi connectivity index (χ1v) is 10.3. The minimum Gasteiger partial charge on any atom is -0.386 e. The van der Waals surface area contributed by atoms with Crippen molar-refractivity contribution < 1.29 is 9.50 Å². The van der Waals surface area contributed by atoms with E-state index in [0.717, 1.165) is 31.9 Å². The highest BCUT2D eigenvalue weighted by molar-refractivity contribution is 6.30. The van der Waals surface area contributed by atoms with Crippen LogP contribution in [-0.2, 0) is 6.54 Å². The van der Waals surface area contributed by atoms with E-state index >= 15 is 0 Å². The zero-order chi connectivity index (χ0) is 20.2. The number of aliphatic hydroxyl groups is 1. The third-order valence-corrected chi connectivity index (χ3v) is 5.72. The number of hydrogen-bond donors (Lipinski definition) is 1. The van der Waals surface area contributed by atoms with Crippen LogP contribution in [0.3, 0.4) is 0 Å². The maximum atomic E-state index is 14.2. The number of halogens is 2. The molecule has 1 atom stereocenters. The molecule has 1 aromatic heterocycles. The average Bonchev–Trinajstić information content (AvgIpc) is 3.20. The normalized spacial score (nSPS) is 16.2. The monoisotopic (exact) mass is 413 g/mol. The Labute approximate surface area is 175 Å². The van der Waals surface area contributed by atoms with Crippen LogP contribution in [0.15, 0.2) is 66.9 Å². The number of aromatic nitrogens is 1. The highest BCUT2D eigenvalue weighted by Gasteiger charge is 2.21. The van der Waals surface area contributed by atoms with Crippen LogP contribution in [0.25, 0.3) is 0 Å². The molecule has 4 rings (SSSR count). The number of hydrogen-bond acceptors (Lipinski definition) is 3. The Morgan fingerprint density at radius 3 is 2.45 bits per heavy atom. The highest BCUT2D eigenvalue weighted by atomic mass is 35.5. The Morgan fingerprint density at radius 2 is 1.72 bits per heavy atom. The lowest BCUT2D eigenvalue weighted by atomic mass is 10.1. The topological polar surface area (TPSA) is 31.6 Å². The average molecular weight is 414 g/mol. The summed E-state index contributed by atoms with van der Waals surface area (Å²) in [7, 11) is 0. The van der Waals surface area contributed by atoms with E-state index in [2.05, 4.69) is 34.1 Å². The van der Waals surface area contributed by atoms with E-state index in [-0.39, 0.29) is 5.82 Å². The molecule has 2 heterocycles. The molecule has 3 aromatic rings. The number of rotatable bonds is 6.